The quantitative estimate of drug-likeness (QED) is 0.850. The van der Waals surface area contributed by atoms with Gasteiger partial charge < -0.3 is 4.90 Å². The van der Waals surface area contributed by atoms with Gasteiger partial charge in [-0.25, -0.2) is 0 Å². The lowest BCUT2D eigenvalue weighted by molar-refractivity contribution is 0.0569. The molecule has 0 aromatic carbocycles. The van der Waals surface area contributed by atoms with Crippen LogP contribution in [-0.2, 0) is 7.05 Å². The number of carbonyl (C=O) groups excluding carboxylic acids is 1. The van der Waals surface area contributed by atoms with Gasteiger partial charge in [0.1, 0.15) is 5.69 Å². The zero-order valence-electron chi connectivity index (χ0n) is 12.6. The summed E-state index contributed by atoms with van der Waals surface area (Å²) in [5, 5.41) is 4.34. The summed E-state index contributed by atoms with van der Waals surface area (Å²) in [5.41, 5.74) is 1.68. The lowest BCUT2D eigenvalue weighted by atomic mass is 10.1. The molecule has 0 atom stereocenters. The van der Waals surface area contributed by atoms with Crippen molar-refractivity contribution in [1.82, 2.24) is 14.7 Å². The first-order chi connectivity index (χ1) is 9.66. The van der Waals surface area contributed by atoms with Gasteiger partial charge in [-0.1, -0.05) is 25.7 Å². The third-order valence-corrected chi connectivity index (χ3v) is 4.89. The van der Waals surface area contributed by atoms with Crippen LogP contribution in [0, 0.1) is 6.92 Å². The SMILES string of the molecule is Cc1cc(C(=O)N(C2CCCC2)C2CCCC2)n(C)n1. The Morgan fingerprint density at radius 2 is 1.65 bits per heavy atom. The average molecular weight is 275 g/mol. The van der Waals surface area contributed by atoms with Gasteiger partial charge in [-0.05, 0) is 38.7 Å². The number of nitrogens with zero attached hydrogens (tertiary/aromatic N) is 3. The molecular formula is C16H25N3O. The summed E-state index contributed by atoms with van der Waals surface area (Å²) in [6, 6.07) is 2.85. The molecule has 1 heterocycles. The molecule has 4 nitrogen and oxygen atoms in total. The minimum absolute atomic E-state index is 0.201. The Bertz CT molecular complexity index is 466. The number of carbonyl (C=O) groups is 1. The van der Waals surface area contributed by atoms with Gasteiger partial charge in [-0.3, -0.25) is 9.48 Å². The summed E-state index contributed by atoms with van der Waals surface area (Å²) in [7, 11) is 1.88. The van der Waals surface area contributed by atoms with Gasteiger partial charge in [-0.15, -0.1) is 0 Å². The number of rotatable bonds is 3. The van der Waals surface area contributed by atoms with E-state index in [0.29, 0.717) is 12.1 Å². The molecule has 2 aliphatic rings. The second-order valence-corrected chi connectivity index (χ2v) is 6.38. The van der Waals surface area contributed by atoms with Crippen molar-refractivity contribution >= 4 is 5.91 Å². The summed E-state index contributed by atoms with van der Waals surface area (Å²) in [6.45, 7) is 1.95. The van der Waals surface area contributed by atoms with Crippen LogP contribution in [0.5, 0.6) is 0 Å². The predicted octanol–water partition coefficient (Wildman–Crippen LogP) is 3.06. The van der Waals surface area contributed by atoms with Crippen molar-refractivity contribution in [2.24, 2.45) is 7.05 Å². The molecule has 1 aromatic rings. The molecule has 0 aliphatic heterocycles. The van der Waals surface area contributed by atoms with Crippen LogP contribution in [0.4, 0.5) is 0 Å². The fourth-order valence-corrected chi connectivity index (χ4v) is 3.94. The number of hydrogen-bond donors (Lipinski definition) is 0. The van der Waals surface area contributed by atoms with Crippen LogP contribution in [-0.4, -0.2) is 32.7 Å². The molecular weight excluding hydrogens is 250 g/mol. The molecule has 3 rings (SSSR count). The third-order valence-electron chi connectivity index (χ3n) is 4.89. The molecule has 2 saturated carbocycles. The largest absolute Gasteiger partial charge is 0.331 e. The molecule has 0 radical (unpaired) electrons. The molecule has 0 unspecified atom stereocenters. The molecule has 1 amide bonds. The Kier molecular flexibility index (Phi) is 3.81. The molecule has 0 spiro atoms. The van der Waals surface area contributed by atoms with Gasteiger partial charge in [0.15, 0.2) is 0 Å². The van der Waals surface area contributed by atoms with Crippen molar-refractivity contribution in [3.63, 3.8) is 0 Å². The topological polar surface area (TPSA) is 38.1 Å². The van der Waals surface area contributed by atoms with E-state index in [2.05, 4.69) is 10.00 Å². The predicted molar refractivity (Wildman–Crippen MR) is 78.6 cm³/mol. The summed E-state index contributed by atoms with van der Waals surface area (Å²) in [5.74, 6) is 0.201. The molecule has 20 heavy (non-hydrogen) atoms. The standard InChI is InChI=1S/C16H25N3O/c1-12-11-15(18(2)17-12)16(20)19(13-7-3-4-8-13)14-9-5-6-10-14/h11,13-14H,3-10H2,1-2H3. The highest BCUT2D eigenvalue weighted by molar-refractivity contribution is 5.93. The van der Waals surface area contributed by atoms with Crippen LogP contribution >= 0.6 is 0 Å². The molecule has 110 valence electrons. The Morgan fingerprint density at radius 1 is 1.15 bits per heavy atom. The minimum atomic E-state index is 0.201. The van der Waals surface area contributed by atoms with E-state index in [1.807, 2.05) is 20.0 Å². The van der Waals surface area contributed by atoms with Gasteiger partial charge >= 0.3 is 0 Å². The van der Waals surface area contributed by atoms with Gasteiger partial charge in [0.05, 0.1) is 5.69 Å². The Hall–Kier alpha value is -1.32. The van der Waals surface area contributed by atoms with Crippen LogP contribution in [0.1, 0.15) is 67.5 Å². The van der Waals surface area contributed by atoms with Crippen LogP contribution in [0.15, 0.2) is 6.07 Å². The van der Waals surface area contributed by atoms with Crippen molar-refractivity contribution in [2.45, 2.75) is 70.4 Å². The van der Waals surface area contributed by atoms with Crippen molar-refractivity contribution in [2.75, 3.05) is 0 Å². The highest BCUT2D eigenvalue weighted by atomic mass is 16.2. The zero-order valence-corrected chi connectivity index (χ0v) is 12.6. The second-order valence-electron chi connectivity index (χ2n) is 6.38. The lowest BCUT2D eigenvalue weighted by Crippen LogP contribution is -2.45. The van der Waals surface area contributed by atoms with E-state index in [0.717, 1.165) is 11.4 Å². The van der Waals surface area contributed by atoms with Crippen molar-refractivity contribution in [1.29, 1.82) is 0 Å². The normalized spacial score (nSPS) is 20.7. The smallest absolute Gasteiger partial charge is 0.272 e. The molecule has 2 aliphatic carbocycles. The van der Waals surface area contributed by atoms with Crippen LogP contribution in [0.2, 0.25) is 0 Å². The van der Waals surface area contributed by atoms with E-state index < -0.39 is 0 Å². The first kappa shape index (κ1) is 13.7. The number of hydrogen-bond acceptors (Lipinski definition) is 2. The maximum atomic E-state index is 13.0. The molecule has 0 saturated heterocycles. The number of amides is 1. The van der Waals surface area contributed by atoms with Crippen LogP contribution < -0.4 is 0 Å². The van der Waals surface area contributed by atoms with Crippen molar-refractivity contribution in [3.8, 4) is 0 Å². The first-order valence-corrected chi connectivity index (χ1v) is 8.00. The van der Waals surface area contributed by atoms with Gasteiger partial charge in [0.25, 0.3) is 5.91 Å². The Morgan fingerprint density at radius 3 is 2.05 bits per heavy atom. The molecule has 0 N–H and O–H groups in total. The van der Waals surface area contributed by atoms with Gasteiger partial charge in [0, 0.05) is 19.1 Å². The molecule has 2 fully saturated rings. The number of aryl methyl sites for hydroxylation is 2. The lowest BCUT2D eigenvalue weighted by Gasteiger charge is -2.34. The maximum absolute atomic E-state index is 13.0. The highest BCUT2D eigenvalue weighted by Crippen LogP contribution is 2.32. The fourth-order valence-electron chi connectivity index (χ4n) is 3.94. The van der Waals surface area contributed by atoms with E-state index in [-0.39, 0.29) is 5.91 Å². The van der Waals surface area contributed by atoms with E-state index in [4.69, 9.17) is 0 Å². The summed E-state index contributed by atoms with van der Waals surface area (Å²) < 4.78 is 1.74. The van der Waals surface area contributed by atoms with E-state index in [1.165, 1.54) is 51.4 Å². The fraction of sp³-hybridized carbons (Fsp3) is 0.750. The van der Waals surface area contributed by atoms with Crippen molar-refractivity contribution in [3.05, 3.63) is 17.5 Å². The van der Waals surface area contributed by atoms with Gasteiger partial charge in [-0.2, -0.15) is 5.10 Å². The Labute approximate surface area is 121 Å². The molecule has 0 bridgehead atoms. The number of aromatic nitrogens is 2. The summed E-state index contributed by atoms with van der Waals surface area (Å²) >= 11 is 0. The third kappa shape index (κ3) is 2.48. The van der Waals surface area contributed by atoms with Crippen molar-refractivity contribution < 1.29 is 4.79 Å². The van der Waals surface area contributed by atoms with Gasteiger partial charge in [0.2, 0.25) is 0 Å². The Balaban J connectivity index is 1.87. The average Bonchev–Trinajstić information content (AvgIpc) is 3.12. The van der Waals surface area contributed by atoms with E-state index >= 15 is 0 Å². The van der Waals surface area contributed by atoms with Crippen LogP contribution in [0.25, 0.3) is 0 Å². The second kappa shape index (κ2) is 5.58. The van der Waals surface area contributed by atoms with Crippen LogP contribution in [0.3, 0.4) is 0 Å². The molecule has 1 aromatic heterocycles. The summed E-state index contributed by atoms with van der Waals surface area (Å²) in [4.78, 5) is 15.2. The summed E-state index contributed by atoms with van der Waals surface area (Å²) in [6.07, 6.45) is 9.80. The maximum Gasteiger partial charge on any atom is 0.272 e. The minimum Gasteiger partial charge on any atom is -0.331 e. The first-order valence-electron chi connectivity index (χ1n) is 8.00. The van der Waals surface area contributed by atoms with E-state index in [9.17, 15) is 4.79 Å². The van der Waals surface area contributed by atoms with E-state index in [1.54, 1.807) is 4.68 Å². The highest BCUT2D eigenvalue weighted by Gasteiger charge is 2.35. The zero-order chi connectivity index (χ0) is 14.1. The molecule has 4 heteroatoms. The monoisotopic (exact) mass is 275 g/mol.